The Labute approximate surface area is 138 Å². The second kappa shape index (κ2) is 6.86. The number of nitriles is 1. The quantitative estimate of drug-likeness (QED) is 0.786. The van der Waals surface area contributed by atoms with Gasteiger partial charge in [0.1, 0.15) is 0 Å². The minimum absolute atomic E-state index is 0.223. The van der Waals surface area contributed by atoms with Crippen LogP contribution in [0.4, 0.5) is 5.13 Å². The molecule has 0 aliphatic carbocycles. The summed E-state index contributed by atoms with van der Waals surface area (Å²) in [4.78, 5) is 16.7. The zero-order valence-electron chi connectivity index (χ0n) is 12.2. The van der Waals surface area contributed by atoms with E-state index in [9.17, 15) is 4.79 Å². The summed E-state index contributed by atoms with van der Waals surface area (Å²) >= 11 is 1.39. The van der Waals surface area contributed by atoms with Gasteiger partial charge >= 0.3 is 0 Å². The molecule has 0 unspecified atom stereocenters. The van der Waals surface area contributed by atoms with Gasteiger partial charge in [-0.05, 0) is 17.7 Å². The lowest BCUT2D eigenvalue weighted by molar-refractivity contribution is 0.102. The Kier molecular flexibility index (Phi) is 4.46. The van der Waals surface area contributed by atoms with Crippen LogP contribution in [0.15, 0.2) is 60.0 Å². The normalized spacial score (nSPS) is 10.0. The number of hydrogen-bond donors (Lipinski definition) is 1. The van der Waals surface area contributed by atoms with Crippen molar-refractivity contribution in [3.8, 4) is 17.3 Å². The third kappa shape index (κ3) is 3.62. The maximum Gasteiger partial charge on any atom is 0.257 e. The fourth-order valence-corrected chi connectivity index (χ4v) is 2.87. The summed E-state index contributed by atoms with van der Waals surface area (Å²) in [5.41, 5.74) is 3.20. The molecule has 0 saturated heterocycles. The molecule has 0 fully saturated rings. The molecule has 0 atom stereocenters. The second-order valence-corrected chi connectivity index (χ2v) is 5.75. The number of anilines is 1. The predicted octanol–water partition coefficient (Wildman–Crippen LogP) is 4.13. The highest BCUT2D eigenvalue weighted by Gasteiger charge is 2.10. The van der Waals surface area contributed by atoms with Crippen molar-refractivity contribution >= 4 is 22.4 Å². The topological polar surface area (TPSA) is 65.8 Å². The minimum atomic E-state index is -0.223. The lowest BCUT2D eigenvalue weighted by Crippen LogP contribution is -2.11. The molecule has 2 aromatic carbocycles. The number of amides is 1. The Hall–Kier alpha value is -2.97. The molecule has 0 saturated carbocycles. The van der Waals surface area contributed by atoms with E-state index in [1.807, 2.05) is 41.8 Å². The molecular formula is C18H13N3OS. The molecule has 3 aromatic rings. The van der Waals surface area contributed by atoms with E-state index in [2.05, 4.69) is 16.4 Å². The zero-order chi connectivity index (χ0) is 16.1. The molecule has 1 N–H and O–H groups in total. The average molecular weight is 319 g/mol. The molecule has 4 nitrogen and oxygen atoms in total. The van der Waals surface area contributed by atoms with E-state index in [0.717, 1.165) is 16.8 Å². The predicted molar refractivity (Wildman–Crippen MR) is 91.3 cm³/mol. The van der Waals surface area contributed by atoms with Gasteiger partial charge in [-0.25, -0.2) is 4.98 Å². The summed E-state index contributed by atoms with van der Waals surface area (Å²) in [6, 6.07) is 18.9. The first-order chi connectivity index (χ1) is 11.3. The first-order valence-corrected chi connectivity index (χ1v) is 7.92. The number of carbonyl (C=O) groups is 1. The van der Waals surface area contributed by atoms with E-state index in [1.165, 1.54) is 11.3 Å². The van der Waals surface area contributed by atoms with Crippen LogP contribution in [0.25, 0.3) is 11.3 Å². The zero-order valence-corrected chi connectivity index (χ0v) is 13.0. The molecule has 5 heteroatoms. The van der Waals surface area contributed by atoms with Crippen LogP contribution in [0.5, 0.6) is 0 Å². The van der Waals surface area contributed by atoms with Gasteiger partial charge < -0.3 is 0 Å². The fourth-order valence-electron chi connectivity index (χ4n) is 2.16. The second-order valence-electron chi connectivity index (χ2n) is 4.89. The lowest BCUT2D eigenvalue weighted by Gasteiger charge is -2.03. The summed E-state index contributed by atoms with van der Waals surface area (Å²) in [6.45, 7) is 0. The fraction of sp³-hybridized carbons (Fsp3) is 0.0556. The molecule has 1 heterocycles. The molecule has 3 rings (SSSR count). The third-order valence-corrected chi connectivity index (χ3v) is 4.02. The van der Waals surface area contributed by atoms with Gasteiger partial charge in [0, 0.05) is 16.5 Å². The van der Waals surface area contributed by atoms with E-state index in [1.54, 1.807) is 18.2 Å². The van der Waals surface area contributed by atoms with Crippen molar-refractivity contribution in [1.29, 1.82) is 5.26 Å². The number of nitrogens with one attached hydrogen (secondary N) is 1. The summed E-state index contributed by atoms with van der Waals surface area (Å²) in [5, 5.41) is 14.0. The maximum atomic E-state index is 12.3. The average Bonchev–Trinajstić information content (AvgIpc) is 3.05. The molecule has 0 bridgehead atoms. The summed E-state index contributed by atoms with van der Waals surface area (Å²) in [5.74, 6) is -0.223. The molecule has 112 valence electrons. The van der Waals surface area contributed by atoms with Crippen LogP contribution >= 0.6 is 11.3 Å². The van der Waals surface area contributed by atoms with E-state index < -0.39 is 0 Å². The van der Waals surface area contributed by atoms with Crippen molar-refractivity contribution in [1.82, 2.24) is 4.98 Å². The van der Waals surface area contributed by atoms with Crippen LogP contribution in [0.2, 0.25) is 0 Å². The van der Waals surface area contributed by atoms with Crippen LogP contribution in [0, 0.1) is 11.3 Å². The Morgan fingerprint density at radius 2 is 2.00 bits per heavy atom. The summed E-state index contributed by atoms with van der Waals surface area (Å²) in [6.07, 6.45) is 0.288. The van der Waals surface area contributed by atoms with Crippen LogP contribution in [-0.4, -0.2) is 10.9 Å². The molecular weight excluding hydrogens is 306 g/mol. The van der Waals surface area contributed by atoms with Gasteiger partial charge in [-0.1, -0.05) is 42.5 Å². The third-order valence-electron chi connectivity index (χ3n) is 3.27. The van der Waals surface area contributed by atoms with Gasteiger partial charge in [-0.15, -0.1) is 11.3 Å². The highest BCUT2D eigenvalue weighted by Crippen LogP contribution is 2.25. The number of thiazole rings is 1. The standard InChI is InChI=1S/C18H13N3OS/c19-10-9-13-5-4-8-15(11-13)17(22)21-18-20-16(12-23-18)14-6-2-1-3-7-14/h1-8,11-12H,9H2,(H,20,21,22). The maximum absolute atomic E-state index is 12.3. The Morgan fingerprint density at radius 1 is 1.17 bits per heavy atom. The van der Waals surface area contributed by atoms with Crippen molar-refractivity contribution in [3.05, 3.63) is 71.1 Å². The Balaban J connectivity index is 1.75. The van der Waals surface area contributed by atoms with Crippen LogP contribution in [0.1, 0.15) is 15.9 Å². The van der Waals surface area contributed by atoms with Gasteiger partial charge in [0.2, 0.25) is 0 Å². The number of aromatic nitrogens is 1. The van der Waals surface area contributed by atoms with E-state index in [4.69, 9.17) is 5.26 Å². The monoisotopic (exact) mass is 319 g/mol. The molecule has 0 spiro atoms. The highest BCUT2D eigenvalue weighted by atomic mass is 32.1. The highest BCUT2D eigenvalue weighted by molar-refractivity contribution is 7.14. The van der Waals surface area contributed by atoms with Gasteiger partial charge in [0.25, 0.3) is 5.91 Å². The van der Waals surface area contributed by atoms with Crippen LogP contribution < -0.4 is 5.32 Å². The Morgan fingerprint density at radius 3 is 2.78 bits per heavy atom. The van der Waals surface area contributed by atoms with Crippen LogP contribution in [-0.2, 0) is 6.42 Å². The SMILES string of the molecule is N#CCc1cccc(C(=O)Nc2nc(-c3ccccc3)cs2)c1. The van der Waals surface area contributed by atoms with Crippen molar-refractivity contribution in [2.75, 3.05) is 5.32 Å². The number of benzene rings is 2. The van der Waals surface area contributed by atoms with E-state index in [0.29, 0.717) is 10.7 Å². The molecule has 23 heavy (non-hydrogen) atoms. The van der Waals surface area contributed by atoms with E-state index >= 15 is 0 Å². The largest absolute Gasteiger partial charge is 0.298 e. The molecule has 0 aliphatic heterocycles. The first-order valence-electron chi connectivity index (χ1n) is 7.04. The number of nitrogens with zero attached hydrogens (tertiary/aromatic N) is 2. The smallest absolute Gasteiger partial charge is 0.257 e. The van der Waals surface area contributed by atoms with Gasteiger partial charge in [-0.2, -0.15) is 5.26 Å². The summed E-state index contributed by atoms with van der Waals surface area (Å²) in [7, 11) is 0. The van der Waals surface area contributed by atoms with E-state index in [-0.39, 0.29) is 12.3 Å². The van der Waals surface area contributed by atoms with Gasteiger partial charge in [0.05, 0.1) is 18.2 Å². The molecule has 1 aromatic heterocycles. The van der Waals surface area contributed by atoms with Crippen molar-refractivity contribution in [2.24, 2.45) is 0 Å². The van der Waals surface area contributed by atoms with Crippen LogP contribution in [0.3, 0.4) is 0 Å². The number of rotatable bonds is 4. The van der Waals surface area contributed by atoms with Crippen molar-refractivity contribution in [2.45, 2.75) is 6.42 Å². The first kappa shape index (κ1) is 14.9. The number of carbonyl (C=O) groups excluding carboxylic acids is 1. The number of hydrogen-bond acceptors (Lipinski definition) is 4. The van der Waals surface area contributed by atoms with Crippen molar-refractivity contribution < 1.29 is 4.79 Å². The van der Waals surface area contributed by atoms with Gasteiger partial charge in [0.15, 0.2) is 5.13 Å². The summed E-state index contributed by atoms with van der Waals surface area (Å²) < 4.78 is 0. The minimum Gasteiger partial charge on any atom is -0.298 e. The lowest BCUT2D eigenvalue weighted by atomic mass is 10.1. The van der Waals surface area contributed by atoms with Crippen molar-refractivity contribution in [3.63, 3.8) is 0 Å². The molecule has 0 radical (unpaired) electrons. The van der Waals surface area contributed by atoms with Gasteiger partial charge in [-0.3, -0.25) is 10.1 Å². The molecule has 1 amide bonds. The Bertz CT molecular complexity index is 865. The molecule has 0 aliphatic rings.